The Morgan fingerprint density at radius 3 is 2.30 bits per heavy atom. The number of hydrogen-bond acceptors (Lipinski definition) is 5. The first-order chi connectivity index (χ1) is 15.4. The molecule has 0 radical (unpaired) electrons. The normalized spacial score (nSPS) is 42.0. The van der Waals surface area contributed by atoms with E-state index in [-0.39, 0.29) is 22.9 Å². The molecule has 1 N–H and O–H groups in total. The average molecular weight is 463 g/mol. The van der Waals surface area contributed by atoms with Gasteiger partial charge in [-0.15, -0.1) is 0 Å². The van der Waals surface area contributed by atoms with Crippen molar-refractivity contribution in [3.05, 3.63) is 11.6 Å². The zero-order valence-electron chi connectivity index (χ0n) is 21.9. The van der Waals surface area contributed by atoms with Crippen LogP contribution in [0.4, 0.5) is 0 Å². The molecule has 0 bridgehead atoms. The summed E-state index contributed by atoms with van der Waals surface area (Å²) in [6.07, 6.45) is 8.27. The molecule has 4 rings (SSSR count). The van der Waals surface area contributed by atoms with Crippen molar-refractivity contribution in [2.75, 3.05) is 13.2 Å². The maximum atomic E-state index is 12.3. The van der Waals surface area contributed by atoms with Gasteiger partial charge in [-0.1, -0.05) is 26.3 Å². The lowest BCUT2D eigenvalue weighted by atomic mass is 9.45. The lowest BCUT2D eigenvalue weighted by Gasteiger charge is -2.60. The molecule has 0 unspecified atom stereocenters. The molecule has 3 fully saturated rings. The van der Waals surface area contributed by atoms with Gasteiger partial charge in [0, 0.05) is 25.0 Å². The van der Waals surface area contributed by atoms with Gasteiger partial charge in [0.1, 0.15) is 5.60 Å². The highest BCUT2D eigenvalue weighted by Gasteiger charge is 2.66. The van der Waals surface area contributed by atoms with E-state index in [4.69, 9.17) is 9.47 Å². The Labute approximate surface area is 200 Å². The SMILES string of the molecule is CC(=O)[C@@]1(O)CC[C@H]2[C@@H]3C[C@H](C)C4=CC(=O)CC[C@]4(C)[C@H]3CC[C@@]21C.CCOC(C)OCC. The van der Waals surface area contributed by atoms with Crippen LogP contribution in [0.3, 0.4) is 0 Å². The summed E-state index contributed by atoms with van der Waals surface area (Å²) in [4.78, 5) is 24.3. The summed E-state index contributed by atoms with van der Waals surface area (Å²) in [5.41, 5.74) is 0.107. The molecule has 0 heterocycles. The Bertz CT molecular complexity index is 768. The number of ketones is 2. The molecule has 0 aliphatic heterocycles. The highest BCUT2D eigenvalue weighted by molar-refractivity contribution is 5.91. The molecule has 0 aromatic carbocycles. The predicted octanol–water partition coefficient (Wildman–Crippen LogP) is 5.49. The minimum absolute atomic E-state index is 0.0370. The fourth-order valence-corrected chi connectivity index (χ4v) is 8.10. The lowest BCUT2D eigenvalue weighted by Crippen LogP contribution is -2.57. The van der Waals surface area contributed by atoms with Crippen molar-refractivity contribution in [2.45, 2.75) is 105 Å². The van der Waals surface area contributed by atoms with Crippen molar-refractivity contribution in [1.29, 1.82) is 0 Å². The molecule has 0 amide bonds. The predicted molar refractivity (Wildman–Crippen MR) is 130 cm³/mol. The number of fused-ring (bicyclic) bond motifs is 5. The van der Waals surface area contributed by atoms with Gasteiger partial charge in [-0.05, 0) is 101 Å². The molecular formula is C28H46O5. The number of hydrogen-bond donors (Lipinski definition) is 1. The lowest BCUT2D eigenvalue weighted by molar-refractivity contribution is -0.161. The highest BCUT2D eigenvalue weighted by atomic mass is 16.7. The first-order valence-electron chi connectivity index (χ1n) is 13.2. The zero-order valence-corrected chi connectivity index (χ0v) is 21.9. The van der Waals surface area contributed by atoms with E-state index in [9.17, 15) is 14.7 Å². The van der Waals surface area contributed by atoms with Crippen molar-refractivity contribution in [1.82, 2.24) is 0 Å². The summed E-state index contributed by atoms with van der Waals surface area (Å²) < 4.78 is 10.1. The number of carbonyl (C=O) groups is 2. The Hall–Kier alpha value is -1.04. The van der Waals surface area contributed by atoms with Crippen molar-refractivity contribution in [2.24, 2.45) is 34.5 Å². The van der Waals surface area contributed by atoms with Crippen LogP contribution in [0.25, 0.3) is 0 Å². The minimum atomic E-state index is -1.13. The number of carbonyl (C=O) groups excluding carboxylic acids is 2. The molecule has 4 aliphatic rings. The van der Waals surface area contributed by atoms with Crippen LogP contribution in [-0.4, -0.2) is 41.8 Å². The highest BCUT2D eigenvalue weighted by Crippen LogP contribution is 2.68. The molecular weight excluding hydrogens is 416 g/mol. The van der Waals surface area contributed by atoms with Crippen molar-refractivity contribution in [3.8, 4) is 0 Å². The molecule has 5 nitrogen and oxygen atoms in total. The van der Waals surface area contributed by atoms with Gasteiger partial charge in [0.15, 0.2) is 17.9 Å². The molecule has 0 spiro atoms. The van der Waals surface area contributed by atoms with Crippen LogP contribution in [0.2, 0.25) is 0 Å². The molecule has 7 atom stereocenters. The second-order valence-corrected chi connectivity index (χ2v) is 11.4. The molecule has 0 saturated heterocycles. The Kier molecular flexibility index (Phi) is 7.98. The first kappa shape index (κ1) is 26.6. The van der Waals surface area contributed by atoms with E-state index in [2.05, 4.69) is 20.8 Å². The maximum absolute atomic E-state index is 12.3. The Morgan fingerprint density at radius 2 is 1.73 bits per heavy atom. The van der Waals surface area contributed by atoms with Gasteiger partial charge in [-0.25, -0.2) is 0 Å². The molecule has 188 valence electrons. The van der Waals surface area contributed by atoms with Crippen molar-refractivity contribution >= 4 is 11.6 Å². The Morgan fingerprint density at radius 1 is 1.12 bits per heavy atom. The van der Waals surface area contributed by atoms with Gasteiger partial charge in [0.05, 0.1) is 0 Å². The average Bonchev–Trinajstić information content (AvgIpc) is 3.03. The summed E-state index contributed by atoms with van der Waals surface area (Å²) in [6.45, 7) is 15.6. The number of ether oxygens (including phenoxy) is 2. The third-order valence-corrected chi connectivity index (χ3v) is 9.82. The molecule has 5 heteroatoms. The van der Waals surface area contributed by atoms with Gasteiger partial charge in [0.25, 0.3) is 0 Å². The van der Waals surface area contributed by atoms with Gasteiger partial charge >= 0.3 is 0 Å². The standard InChI is InChI=1S/C22H32O3.C6H14O2/c1-13-11-16-17(20(3)8-5-15(24)12-19(13)20)6-9-21(4)18(16)7-10-22(21,25)14(2)23;1-4-7-6(3)8-5-2/h12-13,16-18,25H,5-11H2,1-4H3;6H,4-5H2,1-3H3/t13-,16+,17-,18-,20+,21-,22-;/m0./s1. The number of rotatable bonds is 5. The summed E-state index contributed by atoms with van der Waals surface area (Å²) in [7, 11) is 0. The molecule has 0 aromatic heterocycles. The van der Waals surface area contributed by atoms with E-state index >= 15 is 0 Å². The van der Waals surface area contributed by atoms with Crippen molar-refractivity contribution in [3.63, 3.8) is 0 Å². The summed E-state index contributed by atoms with van der Waals surface area (Å²) in [6, 6.07) is 0. The van der Waals surface area contributed by atoms with Crippen molar-refractivity contribution < 1.29 is 24.2 Å². The number of aliphatic hydroxyl groups is 1. The Balaban J connectivity index is 0.000000331. The van der Waals surface area contributed by atoms with E-state index in [0.717, 1.165) is 45.3 Å². The molecule has 3 saturated carbocycles. The van der Waals surface area contributed by atoms with Crippen LogP contribution in [0, 0.1) is 34.5 Å². The van der Waals surface area contributed by atoms with Crippen LogP contribution >= 0.6 is 0 Å². The largest absolute Gasteiger partial charge is 0.382 e. The first-order valence-corrected chi connectivity index (χ1v) is 13.2. The topological polar surface area (TPSA) is 72.8 Å². The summed E-state index contributed by atoms with van der Waals surface area (Å²) in [5.74, 6) is 2.27. The van der Waals surface area contributed by atoms with Gasteiger partial charge < -0.3 is 14.6 Å². The molecule has 4 aliphatic carbocycles. The van der Waals surface area contributed by atoms with E-state index in [1.165, 1.54) is 5.57 Å². The van der Waals surface area contributed by atoms with Gasteiger partial charge in [-0.2, -0.15) is 0 Å². The number of allylic oxidation sites excluding steroid dienone is 1. The third kappa shape index (κ3) is 4.50. The second-order valence-electron chi connectivity index (χ2n) is 11.4. The second kappa shape index (κ2) is 9.91. The van der Waals surface area contributed by atoms with Crippen LogP contribution < -0.4 is 0 Å². The summed E-state index contributed by atoms with van der Waals surface area (Å²) in [5, 5.41) is 11.2. The maximum Gasteiger partial charge on any atom is 0.161 e. The fraction of sp³-hybridized carbons (Fsp3) is 0.857. The van der Waals surface area contributed by atoms with E-state index in [1.54, 1.807) is 6.92 Å². The number of Topliss-reactive ketones (excluding diaryl/α,β-unsaturated/α-hetero) is 1. The van der Waals surface area contributed by atoms with Crippen LogP contribution in [0.15, 0.2) is 11.6 Å². The van der Waals surface area contributed by atoms with Gasteiger partial charge in [-0.3, -0.25) is 9.59 Å². The van der Waals surface area contributed by atoms with Gasteiger partial charge in [0.2, 0.25) is 0 Å². The fourth-order valence-electron chi connectivity index (χ4n) is 8.10. The van der Waals surface area contributed by atoms with Crippen LogP contribution in [-0.2, 0) is 19.1 Å². The molecule has 0 aromatic rings. The van der Waals surface area contributed by atoms with Crippen LogP contribution in [0.5, 0.6) is 0 Å². The quantitative estimate of drug-likeness (QED) is 0.547. The summed E-state index contributed by atoms with van der Waals surface area (Å²) >= 11 is 0. The third-order valence-electron chi connectivity index (χ3n) is 9.82. The van der Waals surface area contributed by atoms with Crippen LogP contribution in [0.1, 0.15) is 93.4 Å². The minimum Gasteiger partial charge on any atom is -0.382 e. The monoisotopic (exact) mass is 462 g/mol. The molecule has 33 heavy (non-hydrogen) atoms. The smallest absolute Gasteiger partial charge is 0.161 e. The van der Waals surface area contributed by atoms with E-state index in [1.807, 2.05) is 26.8 Å². The van der Waals surface area contributed by atoms with E-state index in [0.29, 0.717) is 42.3 Å². The zero-order chi connectivity index (χ0) is 24.6. The van der Waals surface area contributed by atoms with E-state index < -0.39 is 5.60 Å².